The van der Waals surface area contributed by atoms with E-state index in [0.717, 1.165) is 18.2 Å². The first-order chi connectivity index (χ1) is 15.5. The van der Waals surface area contributed by atoms with Crippen LogP contribution in [0.2, 0.25) is 0 Å². The number of halogens is 5. The molecule has 0 amide bonds. The van der Waals surface area contributed by atoms with Crippen molar-refractivity contribution in [3.63, 3.8) is 0 Å². The number of nitrogens with two attached hydrogens (primary N) is 1. The standard InChI is InChI=1S/C21H14F5N5OS/c1-31(2)19-9-6-11(21(24,25)26)14(15(23)16(9)29-20(30-19)32-3)8-4-5-12(22)17-13(8)10(7-27)18(28)33-17/h4-6H,28H2,1-3H3. The van der Waals surface area contributed by atoms with Crippen LogP contribution in [0.1, 0.15) is 11.1 Å². The van der Waals surface area contributed by atoms with Gasteiger partial charge in [-0.2, -0.15) is 28.4 Å². The van der Waals surface area contributed by atoms with E-state index in [0.29, 0.717) is 11.3 Å². The van der Waals surface area contributed by atoms with Gasteiger partial charge in [-0.05, 0) is 17.7 Å². The molecule has 0 bridgehead atoms. The summed E-state index contributed by atoms with van der Waals surface area (Å²) in [6.07, 6.45) is -5.00. The van der Waals surface area contributed by atoms with E-state index in [1.165, 1.54) is 26.1 Å². The second-order valence-electron chi connectivity index (χ2n) is 7.19. The molecule has 0 atom stereocenters. The van der Waals surface area contributed by atoms with Crippen LogP contribution in [-0.2, 0) is 6.18 Å². The Morgan fingerprint density at radius 3 is 2.45 bits per heavy atom. The second-order valence-corrected chi connectivity index (χ2v) is 8.24. The van der Waals surface area contributed by atoms with Gasteiger partial charge in [0.25, 0.3) is 0 Å². The van der Waals surface area contributed by atoms with Crippen molar-refractivity contribution in [2.75, 3.05) is 31.8 Å². The number of rotatable bonds is 3. The van der Waals surface area contributed by atoms with Gasteiger partial charge in [0.05, 0.1) is 22.9 Å². The van der Waals surface area contributed by atoms with Crippen LogP contribution in [0.3, 0.4) is 0 Å². The van der Waals surface area contributed by atoms with Crippen LogP contribution < -0.4 is 15.4 Å². The van der Waals surface area contributed by atoms with Gasteiger partial charge in [0.1, 0.15) is 28.2 Å². The minimum absolute atomic E-state index is 0.00884. The maximum atomic E-state index is 15.9. The van der Waals surface area contributed by atoms with Crippen LogP contribution in [0.25, 0.3) is 32.1 Å². The molecular weight excluding hydrogens is 465 g/mol. The minimum atomic E-state index is -5.00. The highest BCUT2D eigenvalue weighted by atomic mass is 32.1. The number of alkyl halides is 3. The van der Waals surface area contributed by atoms with E-state index >= 15 is 4.39 Å². The molecule has 0 aliphatic carbocycles. The zero-order valence-electron chi connectivity index (χ0n) is 17.3. The lowest BCUT2D eigenvalue weighted by Crippen LogP contribution is -2.15. The largest absolute Gasteiger partial charge is 0.467 e. The number of nitrogen functional groups attached to an aromatic ring is 1. The smallest absolute Gasteiger partial charge is 0.417 e. The number of methoxy groups -OCH3 is 1. The van der Waals surface area contributed by atoms with Crippen molar-refractivity contribution in [3.8, 4) is 23.2 Å². The number of benzene rings is 2. The molecular formula is C21H14F5N5OS. The van der Waals surface area contributed by atoms with Crippen LogP contribution >= 0.6 is 11.3 Å². The average molecular weight is 479 g/mol. The normalized spacial score (nSPS) is 11.7. The Bertz CT molecular complexity index is 1470. The Morgan fingerprint density at radius 1 is 1.18 bits per heavy atom. The third-order valence-electron chi connectivity index (χ3n) is 5.00. The molecule has 4 aromatic rings. The first kappa shape index (κ1) is 22.5. The molecule has 2 heterocycles. The molecule has 0 saturated heterocycles. The van der Waals surface area contributed by atoms with Crippen LogP contribution in [0.5, 0.6) is 6.01 Å². The van der Waals surface area contributed by atoms with Crippen LogP contribution in [0.15, 0.2) is 18.2 Å². The van der Waals surface area contributed by atoms with E-state index in [9.17, 15) is 22.8 Å². The van der Waals surface area contributed by atoms with Crippen molar-refractivity contribution in [2.24, 2.45) is 0 Å². The number of aromatic nitrogens is 2. The number of hydrogen-bond acceptors (Lipinski definition) is 7. The summed E-state index contributed by atoms with van der Waals surface area (Å²) in [6.45, 7) is 0. The Kier molecular flexibility index (Phi) is 5.24. The number of nitriles is 1. The highest BCUT2D eigenvalue weighted by Crippen LogP contribution is 2.47. The molecule has 0 spiro atoms. The monoisotopic (exact) mass is 479 g/mol. The average Bonchev–Trinajstić information content (AvgIpc) is 3.10. The van der Waals surface area contributed by atoms with E-state index in [1.54, 1.807) is 6.07 Å². The van der Waals surface area contributed by atoms with Crippen molar-refractivity contribution in [1.29, 1.82) is 5.26 Å². The molecule has 2 aromatic carbocycles. The first-order valence-corrected chi connectivity index (χ1v) is 10.0. The minimum Gasteiger partial charge on any atom is -0.467 e. The fourth-order valence-electron chi connectivity index (χ4n) is 3.62. The molecule has 33 heavy (non-hydrogen) atoms. The van der Waals surface area contributed by atoms with E-state index in [2.05, 4.69) is 9.97 Å². The Hall–Kier alpha value is -3.72. The van der Waals surface area contributed by atoms with Crippen molar-refractivity contribution >= 4 is 43.1 Å². The maximum Gasteiger partial charge on any atom is 0.417 e. The van der Waals surface area contributed by atoms with Gasteiger partial charge < -0.3 is 15.4 Å². The molecule has 2 aromatic heterocycles. The van der Waals surface area contributed by atoms with Crippen LogP contribution in [-0.4, -0.2) is 31.2 Å². The third-order valence-corrected chi connectivity index (χ3v) is 6.03. The van der Waals surface area contributed by atoms with E-state index < -0.39 is 34.5 Å². The van der Waals surface area contributed by atoms with E-state index in [4.69, 9.17) is 10.5 Å². The Morgan fingerprint density at radius 2 is 1.88 bits per heavy atom. The van der Waals surface area contributed by atoms with E-state index in [-0.39, 0.29) is 43.4 Å². The topological polar surface area (TPSA) is 88.1 Å². The summed E-state index contributed by atoms with van der Waals surface area (Å²) in [5.74, 6) is -2.10. The number of fused-ring (bicyclic) bond motifs is 2. The summed E-state index contributed by atoms with van der Waals surface area (Å²) >= 11 is 0.698. The molecule has 6 nitrogen and oxygen atoms in total. The highest BCUT2D eigenvalue weighted by Gasteiger charge is 2.38. The molecule has 4 rings (SSSR count). The van der Waals surface area contributed by atoms with Gasteiger partial charge in [0, 0.05) is 30.4 Å². The molecule has 0 radical (unpaired) electrons. The maximum absolute atomic E-state index is 15.9. The zero-order valence-corrected chi connectivity index (χ0v) is 18.1. The first-order valence-electron chi connectivity index (χ1n) is 9.23. The summed E-state index contributed by atoms with van der Waals surface area (Å²) in [7, 11) is 4.29. The Balaban J connectivity index is 2.25. The zero-order chi connectivity index (χ0) is 24.2. The van der Waals surface area contributed by atoms with Gasteiger partial charge in [-0.15, -0.1) is 11.3 Å². The van der Waals surface area contributed by atoms with Crippen LogP contribution in [0, 0.1) is 23.0 Å². The quantitative estimate of drug-likeness (QED) is 0.399. The number of thiophene rings is 1. The lowest BCUT2D eigenvalue weighted by Gasteiger charge is -2.20. The summed E-state index contributed by atoms with van der Waals surface area (Å²) in [4.78, 5) is 9.35. The fourth-order valence-corrected chi connectivity index (χ4v) is 4.57. The van der Waals surface area contributed by atoms with Crippen molar-refractivity contribution in [1.82, 2.24) is 9.97 Å². The van der Waals surface area contributed by atoms with Crippen molar-refractivity contribution < 1.29 is 26.7 Å². The summed E-state index contributed by atoms with van der Waals surface area (Å²) in [6, 6.07) is 4.16. The number of anilines is 2. The van der Waals surface area contributed by atoms with Gasteiger partial charge in [0.15, 0.2) is 5.82 Å². The highest BCUT2D eigenvalue weighted by molar-refractivity contribution is 7.23. The molecule has 0 aliphatic heterocycles. The third kappa shape index (κ3) is 3.45. The SMILES string of the molecule is COc1nc(N(C)C)c2cc(C(F)(F)F)c(-c3ccc(F)c4sc(N)c(C#N)c34)c(F)c2n1. The van der Waals surface area contributed by atoms with Gasteiger partial charge in [-0.3, -0.25) is 0 Å². The second kappa shape index (κ2) is 7.70. The number of ether oxygens (including phenoxy) is 1. The number of hydrogen-bond donors (Lipinski definition) is 1. The molecule has 0 saturated carbocycles. The molecule has 0 unspecified atom stereocenters. The molecule has 170 valence electrons. The summed E-state index contributed by atoms with van der Waals surface area (Å²) in [5, 5.41) is 9.02. The van der Waals surface area contributed by atoms with Crippen molar-refractivity contribution in [2.45, 2.75) is 6.18 Å². The lowest BCUT2D eigenvalue weighted by molar-refractivity contribution is -0.137. The van der Waals surface area contributed by atoms with Crippen LogP contribution in [0.4, 0.5) is 32.8 Å². The predicted octanol–water partition coefficient (Wildman–Crippen LogP) is 5.34. The summed E-state index contributed by atoms with van der Waals surface area (Å²) < 4.78 is 77.7. The van der Waals surface area contributed by atoms with Gasteiger partial charge in [-0.1, -0.05) is 6.07 Å². The fraction of sp³-hybridized carbons (Fsp3) is 0.190. The lowest BCUT2D eigenvalue weighted by atomic mass is 9.92. The number of nitrogens with zero attached hydrogens (tertiary/aromatic N) is 4. The Labute approximate surface area is 187 Å². The summed E-state index contributed by atoms with van der Waals surface area (Å²) in [5.41, 5.74) is 2.61. The molecule has 0 aliphatic rings. The van der Waals surface area contributed by atoms with E-state index in [1.807, 2.05) is 0 Å². The molecule has 2 N–H and O–H groups in total. The van der Waals surface area contributed by atoms with Gasteiger partial charge >= 0.3 is 12.2 Å². The molecule has 12 heteroatoms. The molecule has 0 fully saturated rings. The van der Waals surface area contributed by atoms with Crippen molar-refractivity contribution in [3.05, 3.63) is 41.0 Å². The van der Waals surface area contributed by atoms with Gasteiger partial charge in [-0.25, -0.2) is 8.78 Å². The predicted molar refractivity (Wildman–Crippen MR) is 115 cm³/mol. The van der Waals surface area contributed by atoms with Gasteiger partial charge in [0.2, 0.25) is 0 Å².